The lowest BCUT2D eigenvalue weighted by Crippen LogP contribution is -2.14. The molecule has 0 spiro atoms. The maximum absolute atomic E-state index is 12.0. The van der Waals surface area contributed by atoms with E-state index in [1.165, 1.54) is 6.20 Å². The monoisotopic (exact) mass is 335 g/mol. The van der Waals surface area contributed by atoms with E-state index < -0.39 is 5.97 Å². The Morgan fingerprint density at radius 1 is 1.04 bits per heavy atom. The predicted molar refractivity (Wildman–Crippen MR) is 91.4 cm³/mol. The number of esters is 1. The molecule has 0 radical (unpaired) electrons. The third kappa shape index (κ3) is 4.38. The highest BCUT2D eigenvalue weighted by Gasteiger charge is 2.15. The molecule has 0 aliphatic carbocycles. The number of hydrogen-bond donors (Lipinski definition) is 0. The third-order valence-corrected chi connectivity index (χ3v) is 3.64. The van der Waals surface area contributed by atoms with Gasteiger partial charge in [0.2, 0.25) is 0 Å². The van der Waals surface area contributed by atoms with Crippen LogP contribution < -0.4 is 0 Å². The highest BCUT2D eigenvalue weighted by atomic mass is 16.5. The highest BCUT2D eigenvalue weighted by Crippen LogP contribution is 2.06. The number of carbonyl (C=O) groups is 2. The van der Waals surface area contributed by atoms with Crippen molar-refractivity contribution in [2.24, 2.45) is 0 Å². The minimum Gasteiger partial charge on any atom is -0.452 e. The summed E-state index contributed by atoms with van der Waals surface area (Å²) in [5.74, 6) is -0.926. The van der Waals surface area contributed by atoms with E-state index in [1.807, 2.05) is 49.4 Å². The molecule has 0 aliphatic heterocycles. The molecule has 6 nitrogen and oxygen atoms in total. The Balaban J connectivity index is 1.56. The molecule has 0 amide bonds. The van der Waals surface area contributed by atoms with E-state index in [1.54, 1.807) is 16.8 Å². The minimum absolute atomic E-state index is 0.0765. The Morgan fingerprint density at radius 2 is 1.76 bits per heavy atom. The van der Waals surface area contributed by atoms with Crippen molar-refractivity contribution in [3.63, 3.8) is 0 Å². The van der Waals surface area contributed by atoms with E-state index >= 15 is 0 Å². The lowest BCUT2D eigenvalue weighted by Gasteiger charge is -2.03. The number of rotatable bonds is 6. The largest absolute Gasteiger partial charge is 0.452 e. The van der Waals surface area contributed by atoms with Gasteiger partial charge in [0, 0.05) is 5.56 Å². The molecule has 25 heavy (non-hydrogen) atoms. The van der Waals surface area contributed by atoms with E-state index in [0.717, 1.165) is 11.1 Å². The molecule has 0 N–H and O–H groups in total. The van der Waals surface area contributed by atoms with E-state index in [9.17, 15) is 9.59 Å². The van der Waals surface area contributed by atoms with Gasteiger partial charge in [-0.05, 0) is 12.5 Å². The molecule has 1 aromatic heterocycles. The number of benzene rings is 2. The van der Waals surface area contributed by atoms with E-state index in [0.29, 0.717) is 12.1 Å². The van der Waals surface area contributed by atoms with Gasteiger partial charge in [-0.15, -0.1) is 5.10 Å². The normalized spacial score (nSPS) is 10.4. The van der Waals surface area contributed by atoms with Gasteiger partial charge in [-0.1, -0.05) is 65.4 Å². The zero-order chi connectivity index (χ0) is 17.6. The highest BCUT2D eigenvalue weighted by molar-refractivity contribution is 5.99. The Labute approximate surface area is 145 Å². The predicted octanol–water partition coefficient (Wildman–Crippen LogP) is 2.67. The van der Waals surface area contributed by atoms with E-state index in [-0.39, 0.29) is 18.1 Å². The molecule has 0 saturated heterocycles. The maximum Gasteiger partial charge on any atom is 0.360 e. The first kappa shape index (κ1) is 16.6. The van der Waals surface area contributed by atoms with Crippen LogP contribution in [0.15, 0.2) is 60.8 Å². The fraction of sp³-hybridized carbons (Fsp3) is 0.158. The van der Waals surface area contributed by atoms with Gasteiger partial charge in [0.05, 0.1) is 12.7 Å². The maximum atomic E-state index is 12.0. The molecule has 0 unspecified atom stereocenters. The average Bonchev–Trinajstić information content (AvgIpc) is 3.09. The van der Waals surface area contributed by atoms with Gasteiger partial charge < -0.3 is 4.74 Å². The summed E-state index contributed by atoms with van der Waals surface area (Å²) in [5, 5.41) is 7.71. The zero-order valence-corrected chi connectivity index (χ0v) is 13.8. The molecular weight excluding hydrogens is 318 g/mol. The molecule has 0 aliphatic rings. The summed E-state index contributed by atoms with van der Waals surface area (Å²) in [4.78, 5) is 24.0. The zero-order valence-electron chi connectivity index (χ0n) is 13.8. The fourth-order valence-electron chi connectivity index (χ4n) is 2.27. The van der Waals surface area contributed by atoms with Gasteiger partial charge in [0.15, 0.2) is 18.1 Å². The molecular formula is C19H17N3O3. The lowest BCUT2D eigenvalue weighted by molar-refractivity contribution is 0.0469. The van der Waals surface area contributed by atoms with Crippen LogP contribution in [-0.2, 0) is 11.3 Å². The first-order valence-electron chi connectivity index (χ1n) is 7.83. The summed E-state index contributed by atoms with van der Waals surface area (Å²) in [5.41, 5.74) is 2.68. The summed E-state index contributed by atoms with van der Waals surface area (Å²) in [6, 6.07) is 16.8. The van der Waals surface area contributed by atoms with Gasteiger partial charge in [0.1, 0.15) is 0 Å². The smallest absolute Gasteiger partial charge is 0.360 e. The second-order valence-corrected chi connectivity index (χ2v) is 5.65. The molecule has 0 fully saturated rings. The summed E-state index contributed by atoms with van der Waals surface area (Å²) in [6.07, 6.45) is 1.51. The minimum atomic E-state index is -0.667. The lowest BCUT2D eigenvalue weighted by atomic mass is 10.1. The Morgan fingerprint density at radius 3 is 2.48 bits per heavy atom. The first-order valence-corrected chi connectivity index (χ1v) is 7.83. The number of Topliss-reactive ketones (excluding diaryl/α,β-unsaturated/α-hetero) is 1. The molecule has 1 heterocycles. The van der Waals surface area contributed by atoms with Gasteiger partial charge in [-0.2, -0.15) is 0 Å². The van der Waals surface area contributed by atoms with Crippen LogP contribution in [-0.4, -0.2) is 33.4 Å². The molecule has 0 atom stereocenters. The summed E-state index contributed by atoms with van der Waals surface area (Å²) in [6.45, 7) is 2.11. The first-order chi connectivity index (χ1) is 12.1. The average molecular weight is 335 g/mol. The van der Waals surface area contributed by atoms with Crippen molar-refractivity contribution in [1.29, 1.82) is 0 Å². The van der Waals surface area contributed by atoms with Gasteiger partial charge in [-0.3, -0.25) is 4.79 Å². The van der Waals surface area contributed by atoms with Crippen molar-refractivity contribution < 1.29 is 14.3 Å². The van der Waals surface area contributed by atoms with Crippen molar-refractivity contribution in [3.8, 4) is 0 Å². The molecule has 3 rings (SSSR count). The molecule has 3 aromatic rings. The molecule has 126 valence electrons. The number of hydrogen-bond acceptors (Lipinski definition) is 5. The van der Waals surface area contributed by atoms with Crippen LogP contribution in [0.2, 0.25) is 0 Å². The van der Waals surface area contributed by atoms with Crippen LogP contribution in [0.25, 0.3) is 0 Å². The topological polar surface area (TPSA) is 74.1 Å². The number of aromatic nitrogens is 3. The summed E-state index contributed by atoms with van der Waals surface area (Å²) >= 11 is 0. The van der Waals surface area contributed by atoms with Crippen molar-refractivity contribution in [3.05, 3.63) is 83.2 Å². The van der Waals surface area contributed by atoms with Crippen LogP contribution in [0.1, 0.15) is 32.0 Å². The number of nitrogens with zero attached hydrogens (tertiary/aromatic N) is 3. The van der Waals surface area contributed by atoms with Crippen LogP contribution in [0.4, 0.5) is 0 Å². The third-order valence-electron chi connectivity index (χ3n) is 3.64. The van der Waals surface area contributed by atoms with Gasteiger partial charge in [-0.25, -0.2) is 9.48 Å². The fourth-order valence-corrected chi connectivity index (χ4v) is 2.27. The van der Waals surface area contributed by atoms with Crippen LogP contribution >= 0.6 is 0 Å². The second kappa shape index (κ2) is 7.53. The van der Waals surface area contributed by atoms with Crippen LogP contribution in [0.3, 0.4) is 0 Å². The Bertz CT molecular complexity index is 870. The second-order valence-electron chi connectivity index (χ2n) is 5.65. The molecule has 2 aromatic carbocycles. The Hall–Kier alpha value is -3.28. The van der Waals surface area contributed by atoms with Crippen molar-refractivity contribution in [2.45, 2.75) is 13.5 Å². The van der Waals surface area contributed by atoms with Crippen molar-refractivity contribution >= 4 is 11.8 Å². The summed E-state index contributed by atoms with van der Waals surface area (Å²) < 4.78 is 6.58. The number of ketones is 1. The summed E-state index contributed by atoms with van der Waals surface area (Å²) in [7, 11) is 0. The standard InChI is InChI=1S/C19H17N3O3/c1-14-7-9-16(10-8-14)18(23)13-25-19(24)17-12-22(21-20-17)11-15-5-3-2-4-6-15/h2-10,12H,11,13H2,1H3. The van der Waals surface area contributed by atoms with E-state index in [2.05, 4.69) is 10.3 Å². The molecule has 6 heteroatoms. The number of ether oxygens (including phenoxy) is 1. The quantitative estimate of drug-likeness (QED) is 0.511. The van der Waals surface area contributed by atoms with E-state index in [4.69, 9.17) is 4.74 Å². The molecule has 0 saturated carbocycles. The van der Waals surface area contributed by atoms with Crippen LogP contribution in [0.5, 0.6) is 0 Å². The van der Waals surface area contributed by atoms with Crippen molar-refractivity contribution in [2.75, 3.05) is 6.61 Å². The Kier molecular flexibility index (Phi) is 4.99. The van der Waals surface area contributed by atoms with Crippen molar-refractivity contribution in [1.82, 2.24) is 15.0 Å². The van der Waals surface area contributed by atoms with Gasteiger partial charge in [0.25, 0.3) is 0 Å². The molecule has 0 bridgehead atoms. The SMILES string of the molecule is Cc1ccc(C(=O)COC(=O)c2cn(Cc3ccccc3)nn2)cc1. The van der Waals surface area contributed by atoms with Crippen LogP contribution in [0, 0.1) is 6.92 Å². The number of aryl methyl sites for hydroxylation is 1. The van der Waals surface area contributed by atoms with Gasteiger partial charge >= 0.3 is 5.97 Å². The number of carbonyl (C=O) groups excluding carboxylic acids is 2.